The summed E-state index contributed by atoms with van der Waals surface area (Å²) in [5, 5.41) is 2.73. The van der Waals surface area contributed by atoms with Crippen molar-refractivity contribution in [3.63, 3.8) is 0 Å². The summed E-state index contributed by atoms with van der Waals surface area (Å²) in [6, 6.07) is 7.80. The Morgan fingerprint density at radius 3 is 2.32 bits per heavy atom. The van der Waals surface area contributed by atoms with Gasteiger partial charge in [-0.15, -0.1) is 0 Å². The van der Waals surface area contributed by atoms with Crippen molar-refractivity contribution in [1.29, 1.82) is 0 Å². The predicted molar refractivity (Wildman–Crippen MR) is 86.2 cm³/mol. The average Bonchev–Trinajstić information content (AvgIpc) is 2.52. The normalized spacial score (nSPS) is 12.2. The fourth-order valence-electron chi connectivity index (χ4n) is 2.06. The maximum absolute atomic E-state index is 12.0. The molecule has 5 N–H and O–H groups in total. The zero-order chi connectivity index (χ0) is 16.1. The maximum Gasteiger partial charge on any atom is 0.273 e. The van der Waals surface area contributed by atoms with E-state index in [9.17, 15) is 4.79 Å². The van der Waals surface area contributed by atoms with E-state index in [1.54, 1.807) is 0 Å². The molecule has 6 nitrogen and oxygen atoms in total. The summed E-state index contributed by atoms with van der Waals surface area (Å²) in [5.41, 5.74) is 14.1. The highest BCUT2D eigenvalue weighted by atomic mass is 16.1. The number of nitrogens with one attached hydrogen (secondary N) is 1. The second kappa shape index (κ2) is 7.00. The van der Waals surface area contributed by atoms with Crippen LogP contribution in [0.2, 0.25) is 0 Å². The molecule has 0 bridgehead atoms. The van der Waals surface area contributed by atoms with Crippen molar-refractivity contribution in [2.24, 2.45) is 5.73 Å². The van der Waals surface area contributed by atoms with Gasteiger partial charge in [-0.05, 0) is 17.0 Å². The molecular weight excluding hydrogens is 278 g/mol. The molecule has 0 radical (unpaired) electrons. The van der Waals surface area contributed by atoms with Gasteiger partial charge in [-0.25, -0.2) is 9.97 Å². The Bertz CT molecular complexity index is 639. The lowest BCUT2D eigenvalue weighted by Gasteiger charge is -2.14. The van der Waals surface area contributed by atoms with Crippen molar-refractivity contribution in [2.75, 3.05) is 12.3 Å². The summed E-state index contributed by atoms with van der Waals surface area (Å²) in [7, 11) is 0. The number of carbonyl (C=O) groups is 1. The Morgan fingerprint density at radius 2 is 1.73 bits per heavy atom. The number of rotatable bonds is 5. The van der Waals surface area contributed by atoms with Crippen LogP contribution in [-0.4, -0.2) is 22.4 Å². The molecule has 0 saturated heterocycles. The zero-order valence-electron chi connectivity index (χ0n) is 12.8. The molecule has 1 heterocycles. The van der Waals surface area contributed by atoms with Gasteiger partial charge in [0.15, 0.2) is 11.5 Å². The second-order valence-electron chi connectivity index (χ2n) is 5.43. The molecule has 0 aliphatic carbocycles. The molecule has 0 spiro atoms. The van der Waals surface area contributed by atoms with Crippen LogP contribution in [0.4, 0.5) is 5.82 Å². The van der Waals surface area contributed by atoms with Crippen LogP contribution in [0, 0.1) is 0 Å². The van der Waals surface area contributed by atoms with Gasteiger partial charge in [0, 0.05) is 25.0 Å². The number of nitrogens with zero attached hydrogens (tertiary/aromatic N) is 2. The van der Waals surface area contributed by atoms with Gasteiger partial charge in [0.2, 0.25) is 0 Å². The Morgan fingerprint density at radius 1 is 1.14 bits per heavy atom. The van der Waals surface area contributed by atoms with E-state index in [1.807, 2.05) is 12.1 Å². The first-order chi connectivity index (χ1) is 10.5. The number of hydrogen-bond donors (Lipinski definition) is 3. The molecule has 1 aromatic heterocycles. The van der Waals surface area contributed by atoms with Gasteiger partial charge in [-0.3, -0.25) is 4.79 Å². The molecule has 0 aliphatic rings. The zero-order valence-corrected chi connectivity index (χ0v) is 12.8. The molecule has 1 atom stereocenters. The lowest BCUT2D eigenvalue weighted by molar-refractivity contribution is 0.0947. The lowest BCUT2D eigenvalue weighted by atomic mass is 9.99. The van der Waals surface area contributed by atoms with Crippen LogP contribution in [0.3, 0.4) is 0 Å². The smallest absolute Gasteiger partial charge is 0.273 e. The van der Waals surface area contributed by atoms with E-state index in [4.69, 9.17) is 11.5 Å². The van der Waals surface area contributed by atoms with Crippen LogP contribution in [0.5, 0.6) is 0 Å². The van der Waals surface area contributed by atoms with Gasteiger partial charge >= 0.3 is 0 Å². The number of carbonyl (C=O) groups excluding carboxylic acids is 1. The van der Waals surface area contributed by atoms with Crippen molar-refractivity contribution >= 4 is 11.7 Å². The number of anilines is 1. The van der Waals surface area contributed by atoms with Crippen LogP contribution in [0.25, 0.3) is 0 Å². The molecule has 0 saturated carbocycles. The molecule has 2 aromatic rings. The molecule has 0 fully saturated rings. The van der Waals surface area contributed by atoms with Crippen molar-refractivity contribution < 1.29 is 4.79 Å². The highest BCUT2D eigenvalue weighted by Crippen LogP contribution is 2.17. The number of benzene rings is 1. The topological polar surface area (TPSA) is 107 Å². The minimum absolute atomic E-state index is 0.106. The van der Waals surface area contributed by atoms with Gasteiger partial charge in [0.05, 0.1) is 0 Å². The summed E-state index contributed by atoms with van der Waals surface area (Å²) < 4.78 is 0. The first-order valence-electron chi connectivity index (χ1n) is 7.19. The molecule has 2 rings (SSSR count). The molecule has 1 amide bonds. The van der Waals surface area contributed by atoms with E-state index in [1.165, 1.54) is 18.0 Å². The standard InChI is InChI=1S/C16H21N5O/c1-10(2)11-3-5-12(6-4-11)13(17)9-21-16(22)14-15(18)20-8-7-19-14/h3-8,10,13H,9,17H2,1-2H3,(H2,18,20)(H,21,22). The molecule has 0 aliphatic heterocycles. The Hall–Kier alpha value is -2.47. The maximum atomic E-state index is 12.0. The monoisotopic (exact) mass is 299 g/mol. The van der Waals surface area contributed by atoms with Gasteiger partial charge in [-0.2, -0.15) is 0 Å². The molecule has 6 heteroatoms. The van der Waals surface area contributed by atoms with Gasteiger partial charge in [-0.1, -0.05) is 38.1 Å². The van der Waals surface area contributed by atoms with Crippen LogP contribution in [0.1, 0.15) is 47.4 Å². The van der Waals surface area contributed by atoms with E-state index in [0.717, 1.165) is 5.56 Å². The fourth-order valence-corrected chi connectivity index (χ4v) is 2.06. The number of amides is 1. The first-order valence-corrected chi connectivity index (χ1v) is 7.19. The summed E-state index contributed by atoms with van der Waals surface area (Å²) in [4.78, 5) is 19.7. The molecule has 116 valence electrons. The average molecular weight is 299 g/mol. The number of aromatic nitrogens is 2. The highest BCUT2D eigenvalue weighted by Gasteiger charge is 2.14. The second-order valence-corrected chi connectivity index (χ2v) is 5.43. The number of nitrogen functional groups attached to an aromatic ring is 1. The third-order valence-electron chi connectivity index (χ3n) is 3.46. The van der Waals surface area contributed by atoms with E-state index >= 15 is 0 Å². The third-order valence-corrected chi connectivity index (χ3v) is 3.46. The van der Waals surface area contributed by atoms with Crippen molar-refractivity contribution in [3.05, 3.63) is 53.5 Å². The number of hydrogen-bond acceptors (Lipinski definition) is 5. The molecule has 22 heavy (non-hydrogen) atoms. The van der Waals surface area contributed by atoms with Crippen molar-refractivity contribution in [3.8, 4) is 0 Å². The summed E-state index contributed by atoms with van der Waals surface area (Å²) in [5.74, 6) is 0.208. The highest BCUT2D eigenvalue weighted by molar-refractivity contribution is 5.96. The van der Waals surface area contributed by atoms with Crippen LogP contribution in [0.15, 0.2) is 36.7 Å². The largest absolute Gasteiger partial charge is 0.382 e. The number of nitrogens with two attached hydrogens (primary N) is 2. The van der Waals surface area contributed by atoms with E-state index < -0.39 is 0 Å². The van der Waals surface area contributed by atoms with E-state index in [0.29, 0.717) is 12.5 Å². The van der Waals surface area contributed by atoms with Gasteiger partial charge in [0.1, 0.15) is 0 Å². The Balaban J connectivity index is 1.96. The summed E-state index contributed by atoms with van der Waals surface area (Å²) in [6.45, 7) is 4.58. The Kier molecular flexibility index (Phi) is 5.06. The van der Waals surface area contributed by atoms with Crippen LogP contribution < -0.4 is 16.8 Å². The first kappa shape index (κ1) is 15.9. The third kappa shape index (κ3) is 3.79. The predicted octanol–water partition coefficient (Wildman–Crippen LogP) is 1.61. The molecule has 1 unspecified atom stereocenters. The van der Waals surface area contributed by atoms with Crippen LogP contribution in [-0.2, 0) is 0 Å². The minimum atomic E-state index is -0.375. The summed E-state index contributed by atoms with van der Waals surface area (Å²) in [6.07, 6.45) is 2.87. The Labute approximate surface area is 130 Å². The fraction of sp³-hybridized carbons (Fsp3) is 0.312. The van der Waals surface area contributed by atoms with E-state index in [2.05, 4.69) is 41.3 Å². The minimum Gasteiger partial charge on any atom is -0.382 e. The molecular formula is C16H21N5O. The quantitative estimate of drug-likeness (QED) is 0.777. The van der Waals surface area contributed by atoms with Gasteiger partial charge < -0.3 is 16.8 Å². The van der Waals surface area contributed by atoms with Gasteiger partial charge in [0.25, 0.3) is 5.91 Å². The lowest BCUT2D eigenvalue weighted by Crippen LogP contribution is -2.33. The summed E-state index contributed by atoms with van der Waals surface area (Å²) >= 11 is 0. The van der Waals surface area contributed by atoms with Crippen LogP contribution >= 0.6 is 0 Å². The van der Waals surface area contributed by atoms with E-state index in [-0.39, 0.29) is 23.5 Å². The molecule has 1 aromatic carbocycles. The van der Waals surface area contributed by atoms with Crippen molar-refractivity contribution in [1.82, 2.24) is 15.3 Å². The van der Waals surface area contributed by atoms with Crippen molar-refractivity contribution in [2.45, 2.75) is 25.8 Å². The SMILES string of the molecule is CC(C)c1ccc(C(N)CNC(=O)c2nccnc2N)cc1.